The van der Waals surface area contributed by atoms with Crippen molar-refractivity contribution in [3.8, 4) is 0 Å². The van der Waals surface area contributed by atoms with Crippen molar-refractivity contribution in [2.75, 3.05) is 5.73 Å². The smallest absolute Gasteiger partial charge is 0.325 e. The molecule has 0 saturated heterocycles. The number of aliphatic carboxylic acids is 1. The van der Waals surface area contributed by atoms with Gasteiger partial charge in [-0.15, -0.1) is 0 Å². The average molecular weight is 337 g/mol. The second-order valence-corrected chi connectivity index (χ2v) is 6.01. The van der Waals surface area contributed by atoms with Crippen LogP contribution in [0.4, 0.5) is 5.82 Å². The quantitative estimate of drug-likeness (QED) is 0.824. The lowest BCUT2D eigenvalue weighted by atomic mass is 9.91. The summed E-state index contributed by atoms with van der Waals surface area (Å²) in [5.74, 6) is -0.504. The van der Waals surface area contributed by atoms with Crippen LogP contribution in [0, 0.1) is 8.99 Å². The lowest BCUT2D eigenvalue weighted by Gasteiger charge is -2.16. The van der Waals surface area contributed by atoms with E-state index in [1.807, 2.05) is 0 Å². The van der Waals surface area contributed by atoms with Gasteiger partial charge in [0.2, 0.25) is 0 Å². The number of halogens is 1. The fourth-order valence-electron chi connectivity index (χ4n) is 1.37. The van der Waals surface area contributed by atoms with Crippen molar-refractivity contribution in [2.45, 2.75) is 33.7 Å². The SMILES string of the molecule is CC(C)(C)Cc1nn(CC(=O)O)c(N)c1I. The van der Waals surface area contributed by atoms with Gasteiger partial charge in [-0.1, -0.05) is 20.8 Å². The number of carboxylic acids is 1. The Labute approximate surface area is 108 Å². The monoisotopic (exact) mass is 337 g/mol. The number of rotatable bonds is 3. The molecule has 6 heteroatoms. The minimum atomic E-state index is -0.937. The summed E-state index contributed by atoms with van der Waals surface area (Å²) in [6.07, 6.45) is 0.780. The van der Waals surface area contributed by atoms with Crippen molar-refractivity contribution in [3.05, 3.63) is 9.26 Å². The van der Waals surface area contributed by atoms with Crippen molar-refractivity contribution >= 4 is 34.4 Å². The van der Waals surface area contributed by atoms with Gasteiger partial charge in [0, 0.05) is 0 Å². The molecule has 0 bridgehead atoms. The molecule has 5 nitrogen and oxygen atoms in total. The zero-order chi connectivity index (χ0) is 12.5. The average Bonchev–Trinajstić information content (AvgIpc) is 2.30. The van der Waals surface area contributed by atoms with E-state index in [1.165, 1.54) is 4.68 Å². The molecule has 0 aromatic carbocycles. The summed E-state index contributed by atoms with van der Waals surface area (Å²) in [4.78, 5) is 10.6. The third kappa shape index (κ3) is 3.36. The first kappa shape index (κ1) is 13.3. The molecule has 1 aromatic heterocycles. The Bertz CT molecular complexity index is 407. The molecule has 0 radical (unpaired) electrons. The van der Waals surface area contributed by atoms with Crippen LogP contribution in [0.2, 0.25) is 0 Å². The van der Waals surface area contributed by atoms with Gasteiger partial charge in [0.25, 0.3) is 0 Å². The number of nitrogens with zero attached hydrogens (tertiary/aromatic N) is 2. The van der Waals surface area contributed by atoms with Crippen LogP contribution in [-0.2, 0) is 17.8 Å². The van der Waals surface area contributed by atoms with E-state index in [1.54, 1.807) is 0 Å². The highest BCUT2D eigenvalue weighted by atomic mass is 127. The van der Waals surface area contributed by atoms with Crippen LogP contribution < -0.4 is 5.73 Å². The summed E-state index contributed by atoms with van der Waals surface area (Å²) in [7, 11) is 0. The number of aromatic nitrogens is 2. The Morgan fingerprint density at radius 2 is 2.12 bits per heavy atom. The predicted octanol–water partition coefficient (Wildman–Crippen LogP) is 1.74. The summed E-state index contributed by atoms with van der Waals surface area (Å²) in [5.41, 5.74) is 6.77. The summed E-state index contributed by atoms with van der Waals surface area (Å²) < 4.78 is 2.19. The lowest BCUT2D eigenvalue weighted by Crippen LogP contribution is -2.14. The molecule has 1 aromatic rings. The Morgan fingerprint density at radius 1 is 1.56 bits per heavy atom. The van der Waals surface area contributed by atoms with E-state index >= 15 is 0 Å². The summed E-state index contributed by atoms with van der Waals surface area (Å²) in [5, 5.41) is 12.9. The van der Waals surface area contributed by atoms with E-state index < -0.39 is 5.97 Å². The first-order valence-corrected chi connectivity index (χ1v) is 6.01. The van der Waals surface area contributed by atoms with E-state index in [0.717, 1.165) is 15.7 Å². The maximum Gasteiger partial charge on any atom is 0.325 e. The number of hydrogen-bond acceptors (Lipinski definition) is 3. The fraction of sp³-hybridized carbons (Fsp3) is 0.600. The summed E-state index contributed by atoms with van der Waals surface area (Å²) in [6, 6.07) is 0. The van der Waals surface area contributed by atoms with Crippen LogP contribution in [-0.4, -0.2) is 20.9 Å². The maximum absolute atomic E-state index is 10.6. The molecule has 0 aliphatic heterocycles. The molecule has 0 unspecified atom stereocenters. The van der Waals surface area contributed by atoms with Gasteiger partial charge in [-0.3, -0.25) is 4.79 Å². The van der Waals surface area contributed by atoms with Crippen molar-refractivity contribution in [2.24, 2.45) is 5.41 Å². The standard InChI is InChI=1S/C10H16IN3O2/c1-10(2,3)4-6-8(11)9(12)14(13-6)5-7(15)16/h4-5,12H2,1-3H3,(H,15,16). The Morgan fingerprint density at radius 3 is 2.56 bits per heavy atom. The van der Waals surface area contributed by atoms with Gasteiger partial charge in [0.1, 0.15) is 12.4 Å². The van der Waals surface area contributed by atoms with Gasteiger partial charge < -0.3 is 10.8 Å². The molecule has 3 N–H and O–H groups in total. The van der Waals surface area contributed by atoms with Crippen molar-refractivity contribution in [1.82, 2.24) is 9.78 Å². The number of nitrogens with two attached hydrogens (primary N) is 1. The minimum absolute atomic E-state index is 0.106. The van der Waals surface area contributed by atoms with Crippen LogP contribution in [0.5, 0.6) is 0 Å². The number of nitrogen functional groups attached to an aromatic ring is 1. The number of anilines is 1. The number of carboxylic acid groups (broad SMARTS) is 1. The zero-order valence-corrected chi connectivity index (χ0v) is 11.8. The van der Waals surface area contributed by atoms with Crippen LogP contribution >= 0.6 is 22.6 Å². The number of carbonyl (C=O) groups is 1. The minimum Gasteiger partial charge on any atom is -0.480 e. The van der Waals surface area contributed by atoms with E-state index in [4.69, 9.17) is 10.8 Å². The Balaban J connectivity index is 3.00. The molecule has 1 heterocycles. The van der Waals surface area contributed by atoms with Crippen molar-refractivity contribution in [3.63, 3.8) is 0 Å². The van der Waals surface area contributed by atoms with E-state index in [0.29, 0.717) is 5.82 Å². The Kier molecular flexibility index (Phi) is 3.82. The highest BCUT2D eigenvalue weighted by molar-refractivity contribution is 14.1. The molecule has 0 aliphatic carbocycles. The Hall–Kier alpha value is -0.790. The lowest BCUT2D eigenvalue weighted by molar-refractivity contribution is -0.137. The maximum atomic E-state index is 10.6. The molecule has 1 rings (SSSR count). The van der Waals surface area contributed by atoms with Crippen LogP contribution in [0.25, 0.3) is 0 Å². The van der Waals surface area contributed by atoms with Crippen LogP contribution in [0.3, 0.4) is 0 Å². The molecule has 0 amide bonds. The van der Waals surface area contributed by atoms with Gasteiger partial charge >= 0.3 is 5.97 Å². The molecule has 0 aliphatic rings. The van der Waals surface area contributed by atoms with Crippen LogP contribution in [0.1, 0.15) is 26.5 Å². The van der Waals surface area contributed by atoms with Gasteiger partial charge in [0.05, 0.1) is 9.26 Å². The first-order valence-electron chi connectivity index (χ1n) is 4.93. The van der Waals surface area contributed by atoms with E-state index in [2.05, 4.69) is 48.5 Å². The predicted molar refractivity (Wildman–Crippen MR) is 70.2 cm³/mol. The largest absolute Gasteiger partial charge is 0.480 e. The molecule has 0 fully saturated rings. The second-order valence-electron chi connectivity index (χ2n) is 4.93. The molecular formula is C10H16IN3O2. The van der Waals surface area contributed by atoms with E-state index in [9.17, 15) is 4.79 Å². The molecule has 0 atom stereocenters. The van der Waals surface area contributed by atoms with E-state index in [-0.39, 0.29) is 12.0 Å². The third-order valence-electron chi connectivity index (χ3n) is 1.98. The van der Waals surface area contributed by atoms with Crippen molar-refractivity contribution in [1.29, 1.82) is 0 Å². The highest BCUT2D eigenvalue weighted by Crippen LogP contribution is 2.26. The molecular weight excluding hydrogens is 321 g/mol. The van der Waals surface area contributed by atoms with Gasteiger partial charge in [-0.2, -0.15) is 5.10 Å². The second kappa shape index (κ2) is 4.60. The van der Waals surface area contributed by atoms with Gasteiger partial charge in [-0.25, -0.2) is 4.68 Å². The fourth-order valence-corrected chi connectivity index (χ4v) is 1.95. The normalized spacial score (nSPS) is 11.8. The van der Waals surface area contributed by atoms with Gasteiger partial charge in [0.15, 0.2) is 0 Å². The molecule has 0 spiro atoms. The highest BCUT2D eigenvalue weighted by Gasteiger charge is 2.20. The summed E-state index contributed by atoms with van der Waals surface area (Å²) >= 11 is 2.11. The zero-order valence-electron chi connectivity index (χ0n) is 9.62. The van der Waals surface area contributed by atoms with Crippen LogP contribution in [0.15, 0.2) is 0 Å². The van der Waals surface area contributed by atoms with Crippen molar-refractivity contribution < 1.29 is 9.90 Å². The third-order valence-corrected chi connectivity index (χ3v) is 3.16. The molecule has 0 saturated carbocycles. The van der Waals surface area contributed by atoms with Gasteiger partial charge in [-0.05, 0) is 34.4 Å². The number of hydrogen-bond donors (Lipinski definition) is 2. The summed E-state index contributed by atoms with van der Waals surface area (Å²) in [6.45, 7) is 6.13. The molecule has 16 heavy (non-hydrogen) atoms. The molecule has 90 valence electrons. The topological polar surface area (TPSA) is 81.1 Å². The first-order chi connectivity index (χ1) is 7.20.